The molecule has 1 heterocycles. The maximum Gasteiger partial charge on any atom is 0.262 e. The molecule has 0 radical (unpaired) electrons. The number of carbonyl (C=O) groups excluding carboxylic acids is 1. The van der Waals surface area contributed by atoms with Gasteiger partial charge < -0.3 is 4.90 Å². The molecule has 2 aromatic carbocycles. The van der Waals surface area contributed by atoms with Crippen LogP contribution in [0.5, 0.6) is 0 Å². The molecule has 0 saturated heterocycles. The highest BCUT2D eigenvalue weighted by Crippen LogP contribution is 2.32. The van der Waals surface area contributed by atoms with Crippen molar-refractivity contribution in [3.05, 3.63) is 70.0 Å². The summed E-state index contributed by atoms with van der Waals surface area (Å²) in [7, 11) is 1.83. The van der Waals surface area contributed by atoms with Crippen molar-refractivity contribution in [3.8, 4) is 0 Å². The van der Waals surface area contributed by atoms with Crippen molar-refractivity contribution < 1.29 is 4.79 Å². The van der Waals surface area contributed by atoms with Crippen LogP contribution >= 0.6 is 11.8 Å². The highest BCUT2D eigenvalue weighted by atomic mass is 32.2. The number of thioether (sulfide) groups is 1. The number of rotatable bonds is 6. The van der Waals surface area contributed by atoms with Crippen LogP contribution in [0.1, 0.15) is 42.9 Å². The molecule has 5 nitrogen and oxygen atoms in total. The number of hydrogen-bond acceptors (Lipinski definition) is 4. The Kier molecular flexibility index (Phi) is 6.23. The number of amides is 1. The smallest absolute Gasteiger partial charge is 0.262 e. The van der Waals surface area contributed by atoms with Gasteiger partial charge in [0.05, 0.1) is 16.7 Å². The zero-order chi connectivity index (χ0) is 21.1. The van der Waals surface area contributed by atoms with Crippen molar-refractivity contribution in [2.45, 2.75) is 50.4 Å². The first-order valence-corrected chi connectivity index (χ1v) is 11.5. The van der Waals surface area contributed by atoms with Crippen molar-refractivity contribution in [3.63, 3.8) is 0 Å². The molecule has 0 unspecified atom stereocenters. The molecule has 0 N–H and O–H groups in total. The molecule has 0 spiro atoms. The molecule has 4 rings (SSSR count). The van der Waals surface area contributed by atoms with E-state index >= 15 is 0 Å². The highest BCUT2D eigenvalue weighted by molar-refractivity contribution is 7.99. The lowest BCUT2D eigenvalue weighted by atomic mass is 10.1. The summed E-state index contributed by atoms with van der Waals surface area (Å²) in [5.41, 5.74) is 3.02. The number of aryl methyl sites for hydroxylation is 1. The summed E-state index contributed by atoms with van der Waals surface area (Å²) < 4.78 is 1.84. The van der Waals surface area contributed by atoms with Gasteiger partial charge in [0.15, 0.2) is 5.16 Å². The molecule has 1 aliphatic carbocycles. The maximum atomic E-state index is 13.2. The molecular weight excluding hydrogens is 394 g/mol. The quantitative estimate of drug-likeness (QED) is 0.432. The molecular formula is C24H27N3O2S. The fraction of sp³-hybridized carbons (Fsp3) is 0.375. The van der Waals surface area contributed by atoms with E-state index in [9.17, 15) is 9.59 Å². The van der Waals surface area contributed by atoms with Crippen LogP contribution < -0.4 is 5.56 Å². The average molecular weight is 422 g/mol. The molecule has 1 fully saturated rings. The zero-order valence-electron chi connectivity index (χ0n) is 17.5. The minimum Gasteiger partial charge on any atom is -0.341 e. The Bertz CT molecular complexity index is 1120. The third-order valence-electron chi connectivity index (χ3n) is 5.88. The van der Waals surface area contributed by atoms with Gasteiger partial charge in [-0.1, -0.05) is 61.0 Å². The van der Waals surface area contributed by atoms with Crippen LogP contribution in [0.25, 0.3) is 10.9 Å². The average Bonchev–Trinajstić information content (AvgIpc) is 3.28. The Balaban J connectivity index is 1.55. The Morgan fingerprint density at radius 3 is 2.60 bits per heavy atom. The standard InChI is InChI=1S/C24H27N3O2S/c1-17-9-3-4-10-18(17)15-26(2)22(28)16-30-24-25-21-14-8-7-13-20(21)23(29)27(24)19-11-5-6-12-19/h3-4,7-10,13-14,19H,5-6,11-12,15-16H2,1-2H3. The number of para-hydroxylation sites is 1. The number of carbonyl (C=O) groups is 1. The van der Waals surface area contributed by atoms with Gasteiger partial charge in [0.1, 0.15) is 0 Å². The van der Waals surface area contributed by atoms with Crippen molar-refractivity contribution in [1.82, 2.24) is 14.5 Å². The van der Waals surface area contributed by atoms with Crippen LogP contribution in [0, 0.1) is 6.92 Å². The van der Waals surface area contributed by atoms with Crippen LogP contribution in [0.3, 0.4) is 0 Å². The normalized spacial score (nSPS) is 14.3. The molecule has 30 heavy (non-hydrogen) atoms. The number of fused-ring (bicyclic) bond motifs is 1. The first-order chi connectivity index (χ1) is 14.5. The second-order valence-corrected chi connectivity index (χ2v) is 8.93. The van der Waals surface area contributed by atoms with E-state index in [2.05, 4.69) is 19.1 Å². The van der Waals surface area contributed by atoms with Gasteiger partial charge in [-0.2, -0.15) is 0 Å². The second-order valence-electron chi connectivity index (χ2n) is 7.99. The van der Waals surface area contributed by atoms with Crippen LogP contribution in [0.2, 0.25) is 0 Å². The largest absolute Gasteiger partial charge is 0.341 e. The van der Waals surface area contributed by atoms with Crippen LogP contribution in [-0.4, -0.2) is 33.2 Å². The van der Waals surface area contributed by atoms with Crippen LogP contribution in [0.15, 0.2) is 58.5 Å². The summed E-state index contributed by atoms with van der Waals surface area (Å²) >= 11 is 1.37. The minimum atomic E-state index is 0.00992. The third kappa shape index (κ3) is 4.29. The number of nitrogens with zero attached hydrogens (tertiary/aromatic N) is 3. The SMILES string of the molecule is Cc1ccccc1CN(C)C(=O)CSc1nc2ccccc2c(=O)n1C1CCCC1. The van der Waals surface area contributed by atoms with Crippen molar-refractivity contribution >= 4 is 28.6 Å². The van der Waals surface area contributed by atoms with E-state index in [-0.39, 0.29) is 23.3 Å². The van der Waals surface area contributed by atoms with Crippen molar-refractivity contribution in [1.29, 1.82) is 0 Å². The van der Waals surface area contributed by atoms with Gasteiger partial charge in [-0.25, -0.2) is 4.98 Å². The molecule has 156 valence electrons. The molecule has 1 aliphatic rings. The first kappa shape index (κ1) is 20.7. The Hall–Kier alpha value is -2.60. The maximum absolute atomic E-state index is 13.2. The van der Waals surface area contributed by atoms with Crippen molar-refractivity contribution in [2.75, 3.05) is 12.8 Å². The molecule has 1 aromatic heterocycles. The van der Waals surface area contributed by atoms with Crippen LogP contribution in [0.4, 0.5) is 0 Å². The molecule has 1 saturated carbocycles. The van der Waals surface area contributed by atoms with E-state index in [1.54, 1.807) is 4.90 Å². The molecule has 3 aromatic rings. The Labute approximate surface area is 181 Å². The van der Waals surface area contributed by atoms with Gasteiger partial charge >= 0.3 is 0 Å². The summed E-state index contributed by atoms with van der Waals surface area (Å²) in [6.07, 6.45) is 4.25. The molecule has 6 heteroatoms. The Morgan fingerprint density at radius 1 is 1.13 bits per heavy atom. The van der Waals surface area contributed by atoms with Crippen molar-refractivity contribution in [2.24, 2.45) is 0 Å². The topological polar surface area (TPSA) is 55.2 Å². The lowest BCUT2D eigenvalue weighted by molar-refractivity contribution is -0.127. The predicted octanol–water partition coefficient (Wildman–Crippen LogP) is 4.57. The molecule has 1 amide bonds. The van der Waals surface area contributed by atoms with Gasteiger partial charge in [0.2, 0.25) is 5.91 Å². The predicted molar refractivity (Wildman–Crippen MR) is 122 cm³/mol. The molecule has 0 aliphatic heterocycles. The summed E-state index contributed by atoms with van der Waals surface area (Å²) in [4.78, 5) is 32.5. The fourth-order valence-corrected chi connectivity index (χ4v) is 5.09. The molecule has 0 atom stereocenters. The second kappa shape index (κ2) is 9.04. The summed E-state index contributed by atoms with van der Waals surface area (Å²) in [6, 6.07) is 15.8. The summed E-state index contributed by atoms with van der Waals surface area (Å²) in [6.45, 7) is 2.63. The van der Waals surface area contributed by atoms with E-state index in [0.29, 0.717) is 22.6 Å². The third-order valence-corrected chi connectivity index (χ3v) is 6.82. The molecule has 0 bridgehead atoms. The summed E-state index contributed by atoms with van der Waals surface area (Å²) in [5, 5.41) is 1.31. The fourth-order valence-electron chi connectivity index (χ4n) is 4.08. The number of aromatic nitrogens is 2. The van der Waals surface area contributed by atoms with Gasteiger partial charge in [-0.3, -0.25) is 14.2 Å². The van der Waals surface area contributed by atoms with E-state index in [4.69, 9.17) is 4.98 Å². The van der Waals surface area contributed by atoms with E-state index in [1.165, 1.54) is 17.3 Å². The van der Waals surface area contributed by atoms with E-state index < -0.39 is 0 Å². The summed E-state index contributed by atoms with van der Waals surface area (Å²) in [5.74, 6) is 0.295. The first-order valence-electron chi connectivity index (χ1n) is 10.5. The van der Waals surface area contributed by atoms with Gasteiger partial charge in [-0.15, -0.1) is 0 Å². The number of benzene rings is 2. The minimum absolute atomic E-state index is 0.00992. The zero-order valence-corrected chi connectivity index (χ0v) is 18.3. The Morgan fingerprint density at radius 2 is 1.83 bits per heavy atom. The van der Waals surface area contributed by atoms with Gasteiger partial charge in [0, 0.05) is 19.6 Å². The monoisotopic (exact) mass is 421 g/mol. The van der Waals surface area contributed by atoms with E-state index in [0.717, 1.165) is 31.2 Å². The number of hydrogen-bond donors (Lipinski definition) is 0. The van der Waals surface area contributed by atoms with Gasteiger partial charge in [-0.05, 0) is 43.0 Å². The lowest BCUT2D eigenvalue weighted by Crippen LogP contribution is -2.30. The highest BCUT2D eigenvalue weighted by Gasteiger charge is 2.23. The lowest BCUT2D eigenvalue weighted by Gasteiger charge is -2.20. The van der Waals surface area contributed by atoms with Crippen LogP contribution in [-0.2, 0) is 11.3 Å². The van der Waals surface area contributed by atoms with E-state index in [1.807, 2.05) is 48.0 Å². The van der Waals surface area contributed by atoms with Gasteiger partial charge in [0.25, 0.3) is 5.56 Å².